The van der Waals surface area contributed by atoms with Crippen LogP contribution in [0.3, 0.4) is 0 Å². The number of hydrogen-bond donors (Lipinski definition) is 1. The number of rotatable bonds is 4. The predicted octanol–water partition coefficient (Wildman–Crippen LogP) is 3.84. The first-order chi connectivity index (χ1) is 8.13. The fourth-order valence-corrected chi connectivity index (χ4v) is 3.43. The van der Waals surface area contributed by atoms with Gasteiger partial charge in [-0.3, -0.25) is 0 Å². The molecule has 0 saturated carbocycles. The Morgan fingerprint density at radius 3 is 2.33 bits per heavy atom. The zero-order valence-corrected chi connectivity index (χ0v) is 14.6. The van der Waals surface area contributed by atoms with Crippen molar-refractivity contribution in [2.45, 2.75) is 25.5 Å². The summed E-state index contributed by atoms with van der Waals surface area (Å²) in [6.45, 7) is 5.56. The minimum absolute atomic E-state index is 0.124. The minimum atomic E-state index is -3.08. The third kappa shape index (κ3) is 4.24. The molecular formula is C12H17Br2NO2S. The van der Waals surface area contributed by atoms with Crippen molar-refractivity contribution in [1.29, 1.82) is 0 Å². The lowest BCUT2D eigenvalue weighted by atomic mass is 10.3. The second-order valence-corrected chi connectivity index (χ2v) is 9.61. The molecular weight excluding hydrogens is 382 g/mol. The van der Waals surface area contributed by atoms with Crippen LogP contribution in [0.4, 0.5) is 5.69 Å². The van der Waals surface area contributed by atoms with Gasteiger partial charge >= 0.3 is 0 Å². The van der Waals surface area contributed by atoms with E-state index in [4.69, 9.17) is 0 Å². The van der Waals surface area contributed by atoms with Crippen LogP contribution in [0.25, 0.3) is 0 Å². The zero-order valence-electron chi connectivity index (χ0n) is 10.6. The molecule has 0 fully saturated rings. The fraction of sp³-hybridized carbons (Fsp3) is 0.500. The van der Waals surface area contributed by atoms with Gasteiger partial charge in [0.05, 0.1) is 10.5 Å². The van der Waals surface area contributed by atoms with Gasteiger partial charge in [0.15, 0.2) is 9.84 Å². The molecule has 18 heavy (non-hydrogen) atoms. The smallest absolute Gasteiger partial charge is 0.156 e. The molecule has 6 heteroatoms. The Labute approximate surface area is 126 Å². The van der Waals surface area contributed by atoms with E-state index in [9.17, 15) is 8.42 Å². The summed E-state index contributed by atoms with van der Waals surface area (Å²) in [5.74, 6) is 0.124. The highest BCUT2D eigenvalue weighted by atomic mass is 79.9. The van der Waals surface area contributed by atoms with Gasteiger partial charge < -0.3 is 5.32 Å². The highest BCUT2D eigenvalue weighted by molar-refractivity contribution is 9.11. The van der Waals surface area contributed by atoms with E-state index in [1.54, 1.807) is 20.8 Å². The Bertz CT molecular complexity index is 521. The topological polar surface area (TPSA) is 46.2 Å². The molecule has 0 heterocycles. The summed E-state index contributed by atoms with van der Waals surface area (Å²) in [7, 11) is -3.08. The van der Waals surface area contributed by atoms with Gasteiger partial charge in [-0.2, -0.15) is 0 Å². The van der Waals surface area contributed by atoms with Gasteiger partial charge in [-0.25, -0.2) is 8.42 Å². The van der Waals surface area contributed by atoms with Crippen molar-refractivity contribution >= 4 is 47.4 Å². The molecule has 1 N–H and O–H groups in total. The van der Waals surface area contributed by atoms with Crippen molar-refractivity contribution < 1.29 is 8.42 Å². The van der Waals surface area contributed by atoms with Crippen molar-refractivity contribution in [2.24, 2.45) is 0 Å². The average molecular weight is 399 g/mol. The van der Waals surface area contributed by atoms with Crippen molar-refractivity contribution in [1.82, 2.24) is 0 Å². The van der Waals surface area contributed by atoms with E-state index in [0.29, 0.717) is 6.54 Å². The predicted molar refractivity (Wildman–Crippen MR) is 83.9 cm³/mol. The van der Waals surface area contributed by atoms with E-state index in [1.807, 2.05) is 18.2 Å². The summed E-state index contributed by atoms with van der Waals surface area (Å²) in [6.07, 6.45) is 0. The first kappa shape index (κ1) is 16.0. The van der Waals surface area contributed by atoms with Crippen molar-refractivity contribution in [3.05, 3.63) is 27.1 Å². The molecule has 1 rings (SSSR count). The molecule has 0 saturated heterocycles. The first-order valence-electron chi connectivity index (χ1n) is 5.55. The number of hydrogen-bond acceptors (Lipinski definition) is 3. The molecule has 0 amide bonds. The summed E-state index contributed by atoms with van der Waals surface area (Å²) < 4.78 is 25.0. The molecule has 0 radical (unpaired) electrons. The van der Waals surface area contributed by atoms with E-state index in [2.05, 4.69) is 37.2 Å². The van der Waals surface area contributed by atoms with Crippen molar-refractivity contribution in [3.63, 3.8) is 0 Å². The number of anilines is 1. The van der Waals surface area contributed by atoms with E-state index in [-0.39, 0.29) is 5.75 Å². The van der Waals surface area contributed by atoms with Crippen LogP contribution in [-0.2, 0) is 9.84 Å². The van der Waals surface area contributed by atoms with Crippen LogP contribution in [0.5, 0.6) is 0 Å². The van der Waals surface area contributed by atoms with E-state index >= 15 is 0 Å². The largest absolute Gasteiger partial charge is 0.383 e. The van der Waals surface area contributed by atoms with Gasteiger partial charge in [0.2, 0.25) is 0 Å². The molecule has 1 aromatic carbocycles. The van der Waals surface area contributed by atoms with E-state index < -0.39 is 14.6 Å². The third-order valence-corrected chi connectivity index (χ3v) is 6.31. The molecule has 0 aliphatic heterocycles. The number of nitrogens with one attached hydrogen (secondary N) is 1. The van der Waals surface area contributed by atoms with Gasteiger partial charge in [0.25, 0.3) is 0 Å². The van der Waals surface area contributed by atoms with E-state index in [0.717, 1.165) is 14.6 Å². The molecule has 0 aromatic heterocycles. The first-order valence-corrected chi connectivity index (χ1v) is 8.78. The summed E-state index contributed by atoms with van der Waals surface area (Å²) in [5, 5.41) is 3.12. The van der Waals surface area contributed by atoms with Crippen LogP contribution < -0.4 is 5.32 Å². The molecule has 0 aliphatic carbocycles. The summed E-state index contributed by atoms with van der Waals surface area (Å²) >= 11 is 6.79. The average Bonchev–Trinajstić information content (AvgIpc) is 2.19. The Morgan fingerprint density at radius 2 is 1.83 bits per heavy atom. The summed E-state index contributed by atoms with van der Waals surface area (Å²) in [4.78, 5) is 0. The van der Waals surface area contributed by atoms with Gasteiger partial charge in [-0.05, 0) is 54.9 Å². The zero-order chi connectivity index (χ0) is 14.0. The fourth-order valence-electron chi connectivity index (χ4n) is 1.26. The maximum Gasteiger partial charge on any atom is 0.156 e. The van der Waals surface area contributed by atoms with E-state index in [1.165, 1.54) is 0 Å². The monoisotopic (exact) mass is 397 g/mol. The quantitative estimate of drug-likeness (QED) is 0.837. The molecule has 102 valence electrons. The van der Waals surface area contributed by atoms with Crippen molar-refractivity contribution in [2.75, 3.05) is 17.6 Å². The van der Waals surface area contributed by atoms with Gasteiger partial charge in [-0.15, -0.1) is 0 Å². The Morgan fingerprint density at radius 1 is 1.22 bits per heavy atom. The van der Waals surface area contributed by atoms with Gasteiger partial charge in [0.1, 0.15) is 0 Å². The summed E-state index contributed by atoms with van der Waals surface area (Å²) in [6, 6.07) is 5.73. The lowest BCUT2D eigenvalue weighted by molar-refractivity contribution is 0.560. The highest BCUT2D eigenvalue weighted by Gasteiger charge is 2.28. The number of halogens is 2. The molecule has 0 bridgehead atoms. The molecule has 0 spiro atoms. The van der Waals surface area contributed by atoms with Crippen LogP contribution in [0.2, 0.25) is 0 Å². The van der Waals surface area contributed by atoms with Crippen LogP contribution >= 0.6 is 31.9 Å². The standard InChI is InChI=1S/C12H17Br2NO2S/c1-12(2,3)18(16,17)7-6-15-11-5-4-9(13)8-10(11)14/h4-5,8,15H,6-7H2,1-3H3. The maximum atomic E-state index is 11.9. The van der Waals surface area contributed by atoms with Crippen LogP contribution in [0.15, 0.2) is 27.1 Å². The minimum Gasteiger partial charge on any atom is -0.383 e. The lowest BCUT2D eigenvalue weighted by Gasteiger charge is -2.19. The SMILES string of the molecule is CC(C)(C)S(=O)(=O)CCNc1ccc(Br)cc1Br. The van der Waals surface area contributed by atoms with Gasteiger partial charge in [-0.1, -0.05) is 15.9 Å². The third-order valence-electron chi connectivity index (χ3n) is 2.55. The molecule has 0 atom stereocenters. The maximum absolute atomic E-state index is 11.9. The van der Waals surface area contributed by atoms with Crippen LogP contribution in [0, 0.1) is 0 Å². The van der Waals surface area contributed by atoms with Crippen LogP contribution in [-0.4, -0.2) is 25.5 Å². The van der Waals surface area contributed by atoms with Gasteiger partial charge in [0, 0.05) is 21.2 Å². The Kier molecular flexibility index (Phi) is 5.26. The number of sulfone groups is 1. The second-order valence-electron chi connectivity index (χ2n) is 4.98. The lowest BCUT2D eigenvalue weighted by Crippen LogP contribution is -2.32. The number of benzene rings is 1. The Hall–Kier alpha value is -0.0700. The van der Waals surface area contributed by atoms with Crippen LogP contribution in [0.1, 0.15) is 20.8 Å². The normalized spacial score (nSPS) is 12.5. The molecule has 3 nitrogen and oxygen atoms in total. The summed E-state index contributed by atoms with van der Waals surface area (Å²) in [5.41, 5.74) is 0.891. The highest BCUT2D eigenvalue weighted by Crippen LogP contribution is 2.26. The van der Waals surface area contributed by atoms with Crippen molar-refractivity contribution in [3.8, 4) is 0 Å². The molecule has 0 unspecified atom stereocenters. The Balaban J connectivity index is 2.63. The molecule has 1 aromatic rings. The molecule has 0 aliphatic rings. The second kappa shape index (κ2) is 5.92.